The van der Waals surface area contributed by atoms with E-state index in [1.807, 2.05) is 24.3 Å². The van der Waals surface area contributed by atoms with Crippen LogP contribution in [0.15, 0.2) is 30.3 Å². The van der Waals surface area contributed by atoms with Gasteiger partial charge < -0.3 is 10.1 Å². The highest BCUT2D eigenvalue weighted by molar-refractivity contribution is 5.70. The fourth-order valence-corrected chi connectivity index (χ4v) is 1.96. The zero-order chi connectivity index (χ0) is 11.2. The molecule has 0 aliphatic carbocycles. The van der Waals surface area contributed by atoms with Gasteiger partial charge in [-0.3, -0.25) is 0 Å². The lowest BCUT2D eigenvalue weighted by atomic mass is 10.0. The van der Waals surface area contributed by atoms with E-state index >= 15 is 0 Å². The first-order valence-corrected chi connectivity index (χ1v) is 5.59. The first-order chi connectivity index (χ1) is 7.92. The molecule has 0 saturated heterocycles. The third-order valence-electron chi connectivity index (χ3n) is 2.74. The molecule has 1 heterocycles. The summed E-state index contributed by atoms with van der Waals surface area (Å²) >= 11 is 0. The molecular formula is C13H16FNO. The van der Waals surface area contributed by atoms with Crippen LogP contribution < -0.4 is 10.1 Å². The Labute approximate surface area is 95.1 Å². The SMILES string of the molecule is FCOc1ccccc1C1=CCNCCC1. The molecule has 0 bridgehead atoms. The maximum absolute atomic E-state index is 12.3. The van der Waals surface area contributed by atoms with E-state index in [0.717, 1.165) is 31.5 Å². The lowest BCUT2D eigenvalue weighted by Crippen LogP contribution is -2.12. The molecule has 0 unspecified atom stereocenters. The number of allylic oxidation sites excluding steroid dienone is 1. The Kier molecular flexibility index (Phi) is 3.94. The molecule has 16 heavy (non-hydrogen) atoms. The number of hydrogen-bond acceptors (Lipinski definition) is 2. The van der Waals surface area contributed by atoms with Gasteiger partial charge in [-0.1, -0.05) is 24.3 Å². The maximum atomic E-state index is 12.3. The second-order valence-corrected chi connectivity index (χ2v) is 3.79. The molecule has 2 nitrogen and oxygen atoms in total. The van der Waals surface area contributed by atoms with Crippen molar-refractivity contribution in [2.45, 2.75) is 12.8 Å². The molecule has 1 N–H and O–H groups in total. The highest BCUT2D eigenvalue weighted by Crippen LogP contribution is 2.29. The molecule has 0 radical (unpaired) electrons. The molecule has 1 aromatic carbocycles. The zero-order valence-electron chi connectivity index (χ0n) is 9.21. The van der Waals surface area contributed by atoms with Gasteiger partial charge in [0, 0.05) is 12.1 Å². The van der Waals surface area contributed by atoms with Crippen LogP contribution in [-0.2, 0) is 0 Å². The third kappa shape index (κ3) is 2.61. The van der Waals surface area contributed by atoms with Crippen molar-refractivity contribution >= 4 is 5.57 Å². The highest BCUT2D eigenvalue weighted by Gasteiger charge is 2.09. The van der Waals surface area contributed by atoms with Gasteiger partial charge in [0.25, 0.3) is 0 Å². The van der Waals surface area contributed by atoms with Crippen LogP contribution in [0.3, 0.4) is 0 Å². The molecule has 1 aliphatic heterocycles. The number of para-hydroxylation sites is 1. The van der Waals surface area contributed by atoms with E-state index in [1.54, 1.807) is 0 Å². The van der Waals surface area contributed by atoms with E-state index in [4.69, 9.17) is 4.74 Å². The van der Waals surface area contributed by atoms with Crippen LogP contribution in [0.25, 0.3) is 5.57 Å². The van der Waals surface area contributed by atoms with Gasteiger partial charge in [-0.25, -0.2) is 4.39 Å². The Balaban J connectivity index is 2.27. The lowest BCUT2D eigenvalue weighted by molar-refractivity contribution is 0.191. The number of hydrogen-bond donors (Lipinski definition) is 1. The predicted molar refractivity (Wildman–Crippen MR) is 63.1 cm³/mol. The molecule has 0 amide bonds. The zero-order valence-corrected chi connectivity index (χ0v) is 9.21. The molecule has 0 spiro atoms. The topological polar surface area (TPSA) is 21.3 Å². The van der Waals surface area contributed by atoms with Crippen molar-refractivity contribution in [3.05, 3.63) is 35.9 Å². The predicted octanol–water partition coefficient (Wildman–Crippen LogP) is 2.76. The van der Waals surface area contributed by atoms with Crippen molar-refractivity contribution in [2.75, 3.05) is 20.0 Å². The number of rotatable bonds is 3. The monoisotopic (exact) mass is 221 g/mol. The van der Waals surface area contributed by atoms with E-state index in [-0.39, 0.29) is 0 Å². The first kappa shape index (κ1) is 11.1. The van der Waals surface area contributed by atoms with Crippen LogP contribution in [0, 0.1) is 0 Å². The van der Waals surface area contributed by atoms with E-state index in [0.29, 0.717) is 5.75 Å². The summed E-state index contributed by atoms with van der Waals surface area (Å²) in [5.74, 6) is 0.637. The van der Waals surface area contributed by atoms with Crippen molar-refractivity contribution in [3.8, 4) is 5.75 Å². The van der Waals surface area contributed by atoms with Crippen LogP contribution in [0.5, 0.6) is 5.75 Å². The Hall–Kier alpha value is -1.35. The summed E-state index contributed by atoms with van der Waals surface area (Å²) in [6, 6.07) is 7.62. The standard InChI is InChI=1S/C13H16FNO/c14-10-16-13-6-2-1-5-12(13)11-4-3-8-15-9-7-11/h1-2,5-7,15H,3-4,8-10H2. The molecule has 1 aromatic rings. The fraction of sp³-hybridized carbons (Fsp3) is 0.385. The van der Waals surface area contributed by atoms with Crippen molar-refractivity contribution in [1.29, 1.82) is 0 Å². The summed E-state index contributed by atoms with van der Waals surface area (Å²) in [5.41, 5.74) is 2.26. The lowest BCUT2D eigenvalue weighted by Gasteiger charge is -2.11. The summed E-state index contributed by atoms with van der Waals surface area (Å²) in [6.07, 6.45) is 4.28. The Morgan fingerprint density at radius 2 is 2.19 bits per heavy atom. The molecule has 0 saturated carbocycles. The minimum Gasteiger partial charge on any atom is -0.462 e. The van der Waals surface area contributed by atoms with E-state index in [9.17, 15) is 4.39 Å². The van der Waals surface area contributed by atoms with Crippen LogP contribution >= 0.6 is 0 Å². The first-order valence-electron chi connectivity index (χ1n) is 5.59. The van der Waals surface area contributed by atoms with Crippen molar-refractivity contribution < 1.29 is 9.13 Å². The molecule has 0 fully saturated rings. The average molecular weight is 221 g/mol. The Bertz CT molecular complexity index is 376. The molecule has 3 heteroatoms. The molecule has 1 aliphatic rings. The van der Waals surface area contributed by atoms with Gasteiger partial charge >= 0.3 is 0 Å². The summed E-state index contributed by atoms with van der Waals surface area (Å²) in [7, 11) is 0. The van der Waals surface area contributed by atoms with Crippen LogP contribution in [0.2, 0.25) is 0 Å². The van der Waals surface area contributed by atoms with Crippen LogP contribution in [0.4, 0.5) is 4.39 Å². The van der Waals surface area contributed by atoms with Crippen LogP contribution in [0.1, 0.15) is 18.4 Å². The largest absolute Gasteiger partial charge is 0.462 e. The molecule has 0 atom stereocenters. The summed E-state index contributed by atoms with van der Waals surface area (Å²) in [6.45, 7) is 1.13. The van der Waals surface area contributed by atoms with E-state index in [1.165, 1.54) is 5.57 Å². The number of halogens is 1. The van der Waals surface area contributed by atoms with Crippen molar-refractivity contribution in [3.63, 3.8) is 0 Å². The summed E-state index contributed by atoms with van der Waals surface area (Å²) < 4.78 is 17.3. The molecule has 2 rings (SSSR count). The highest BCUT2D eigenvalue weighted by atomic mass is 19.1. The number of ether oxygens (including phenoxy) is 1. The van der Waals surface area contributed by atoms with E-state index < -0.39 is 6.86 Å². The van der Waals surface area contributed by atoms with Gasteiger partial charge in [-0.15, -0.1) is 0 Å². The number of nitrogens with one attached hydrogen (secondary N) is 1. The second kappa shape index (κ2) is 5.66. The Morgan fingerprint density at radius 3 is 3.06 bits per heavy atom. The van der Waals surface area contributed by atoms with Gasteiger partial charge in [-0.05, 0) is 31.0 Å². The van der Waals surface area contributed by atoms with Crippen molar-refractivity contribution in [2.24, 2.45) is 0 Å². The van der Waals surface area contributed by atoms with Gasteiger partial charge in [0.1, 0.15) is 5.75 Å². The molecular weight excluding hydrogens is 205 g/mol. The fourth-order valence-electron chi connectivity index (χ4n) is 1.96. The third-order valence-corrected chi connectivity index (χ3v) is 2.74. The van der Waals surface area contributed by atoms with Gasteiger partial charge in [0.05, 0.1) is 0 Å². The summed E-state index contributed by atoms with van der Waals surface area (Å²) in [5, 5.41) is 3.31. The van der Waals surface area contributed by atoms with Crippen LogP contribution in [-0.4, -0.2) is 20.0 Å². The Morgan fingerprint density at radius 1 is 1.31 bits per heavy atom. The average Bonchev–Trinajstić information content (AvgIpc) is 2.59. The number of alkyl halides is 1. The van der Waals surface area contributed by atoms with Gasteiger partial charge in [-0.2, -0.15) is 0 Å². The molecule has 0 aromatic heterocycles. The normalized spacial score (nSPS) is 16.4. The quantitative estimate of drug-likeness (QED) is 0.847. The minimum absolute atomic E-state index is 0.637. The number of benzene rings is 1. The summed E-state index contributed by atoms with van der Waals surface area (Å²) in [4.78, 5) is 0. The smallest absolute Gasteiger partial charge is 0.228 e. The second-order valence-electron chi connectivity index (χ2n) is 3.79. The maximum Gasteiger partial charge on any atom is 0.228 e. The van der Waals surface area contributed by atoms with Crippen molar-refractivity contribution in [1.82, 2.24) is 5.32 Å². The minimum atomic E-state index is -0.775. The van der Waals surface area contributed by atoms with Gasteiger partial charge in [0.15, 0.2) is 0 Å². The van der Waals surface area contributed by atoms with Gasteiger partial charge in [0.2, 0.25) is 6.86 Å². The van der Waals surface area contributed by atoms with E-state index in [2.05, 4.69) is 11.4 Å². The molecule has 86 valence electrons.